The summed E-state index contributed by atoms with van der Waals surface area (Å²) in [7, 11) is 3.27. The van der Waals surface area contributed by atoms with Gasteiger partial charge in [-0.2, -0.15) is 0 Å². The lowest BCUT2D eigenvalue weighted by Crippen LogP contribution is -2.47. The molecule has 3 N–H and O–H groups in total. The number of methoxy groups -OCH3 is 1. The summed E-state index contributed by atoms with van der Waals surface area (Å²) in [5, 5.41) is 8.85. The second-order valence-corrected chi connectivity index (χ2v) is 5.46. The van der Waals surface area contributed by atoms with E-state index >= 15 is 0 Å². The van der Waals surface area contributed by atoms with E-state index in [0.29, 0.717) is 17.4 Å². The van der Waals surface area contributed by atoms with Crippen LogP contribution in [0.2, 0.25) is 0 Å². The van der Waals surface area contributed by atoms with Crippen molar-refractivity contribution in [3.8, 4) is 5.75 Å². The summed E-state index contributed by atoms with van der Waals surface area (Å²) in [6, 6.07) is -0.442. The molecular formula is C13H23N5O2. The molecule has 1 atom stereocenters. The summed E-state index contributed by atoms with van der Waals surface area (Å²) in [4.78, 5) is 20.2. The third-order valence-corrected chi connectivity index (χ3v) is 2.49. The number of nitrogens with one attached hydrogen (secondary N) is 3. The second-order valence-electron chi connectivity index (χ2n) is 5.46. The van der Waals surface area contributed by atoms with Crippen LogP contribution in [0.15, 0.2) is 6.33 Å². The fourth-order valence-corrected chi connectivity index (χ4v) is 1.60. The molecule has 20 heavy (non-hydrogen) atoms. The van der Waals surface area contributed by atoms with Crippen molar-refractivity contribution in [3.05, 3.63) is 6.33 Å². The van der Waals surface area contributed by atoms with Crippen LogP contribution in [0.5, 0.6) is 5.75 Å². The van der Waals surface area contributed by atoms with E-state index in [1.807, 2.05) is 20.8 Å². The van der Waals surface area contributed by atoms with E-state index in [1.165, 1.54) is 13.4 Å². The summed E-state index contributed by atoms with van der Waals surface area (Å²) >= 11 is 0. The average molecular weight is 281 g/mol. The van der Waals surface area contributed by atoms with Crippen LogP contribution in [0.3, 0.4) is 0 Å². The third kappa shape index (κ3) is 4.25. The second kappa shape index (κ2) is 6.40. The molecule has 0 aliphatic heterocycles. The molecule has 1 unspecified atom stereocenters. The molecule has 0 aliphatic rings. The molecule has 112 valence electrons. The molecule has 1 amide bonds. The number of ether oxygens (including phenoxy) is 1. The van der Waals surface area contributed by atoms with Gasteiger partial charge >= 0.3 is 0 Å². The molecule has 1 rings (SSSR count). The van der Waals surface area contributed by atoms with Crippen LogP contribution in [0.4, 0.5) is 11.6 Å². The van der Waals surface area contributed by atoms with E-state index in [9.17, 15) is 4.79 Å². The maximum atomic E-state index is 12.0. The molecule has 7 nitrogen and oxygen atoms in total. The van der Waals surface area contributed by atoms with Gasteiger partial charge in [-0.15, -0.1) is 0 Å². The van der Waals surface area contributed by atoms with Crippen molar-refractivity contribution in [2.75, 3.05) is 24.8 Å². The van der Waals surface area contributed by atoms with Crippen LogP contribution in [-0.4, -0.2) is 41.6 Å². The van der Waals surface area contributed by atoms with Gasteiger partial charge in [0, 0.05) is 12.6 Å². The number of aromatic nitrogens is 2. The lowest BCUT2D eigenvalue weighted by molar-refractivity contribution is -0.122. The first-order chi connectivity index (χ1) is 9.28. The van der Waals surface area contributed by atoms with E-state index in [-0.39, 0.29) is 11.4 Å². The van der Waals surface area contributed by atoms with Crippen molar-refractivity contribution in [3.63, 3.8) is 0 Å². The zero-order valence-electron chi connectivity index (χ0n) is 12.9. The van der Waals surface area contributed by atoms with Crippen molar-refractivity contribution in [2.45, 2.75) is 39.3 Å². The Morgan fingerprint density at radius 1 is 1.30 bits per heavy atom. The number of carbonyl (C=O) groups is 1. The van der Waals surface area contributed by atoms with Crippen molar-refractivity contribution in [1.29, 1.82) is 0 Å². The van der Waals surface area contributed by atoms with Gasteiger partial charge in [0.25, 0.3) is 0 Å². The van der Waals surface area contributed by atoms with Crippen molar-refractivity contribution >= 4 is 17.5 Å². The first-order valence-electron chi connectivity index (χ1n) is 6.43. The number of amides is 1. The molecular weight excluding hydrogens is 258 g/mol. The van der Waals surface area contributed by atoms with Crippen LogP contribution < -0.4 is 20.7 Å². The van der Waals surface area contributed by atoms with Gasteiger partial charge in [-0.25, -0.2) is 9.97 Å². The Kier molecular flexibility index (Phi) is 5.12. The minimum atomic E-state index is -0.442. The summed E-state index contributed by atoms with van der Waals surface area (Å²) in [6.07, 6.45) is 1.41. The van der Waals surface area contributed by atoms with E-state index in [2.05, 4.69) is 25.9 Å². The molecule has 0 spiro atoms. The van der Waals surface area contributed by atoms with Gasteiger partial charge in [0.15, 0.2) is 11.6 Å². The van der Waals surface area contributed by atoms with E-state index in [1.54, 1.807) is 14.0 Å². The number of rotatable bonds is 5. The summed E-state index contributed by atoms with van der Waals surface area (Å²) in [5.41, 5.74) is -0.279. The van der Waals surface area contributed by atoms with Gasteiger partial charge in [-0.05, 0) is 27.7 Å². The fourth-order valence-electron chi connectivity index (χ4n) is 1.60. The van der Waals surface area contributed by atoms with E-state index < -0.39 is 6.04 Å². The van der Waals surface area contributed by atoms with Gasteiger partial charge in [-0.3, -0.25) is 4.79 Å². The summed E-state index contributed by atoms with van der Waals surface area (Å²) in [6.45, 7) is 7.56. The average Bonchev–Trinajstić information content (AvgIpc) is 2.36. The molecule has 1 aromatic heterocycles. The molecule has 0 aromatic carbocycles. The molecule has 0 fully saturated rings. The van der Waals surface area contributed by atoms with Gasteiger partial charge in [0.1, 0.15) is 12.4 Å². The number of hydrogen-bond acceptors (Lipinski definition) is 6. The van der Waals surface area contributed by atoms with Crippen LogP contribution in [0.1, 0.15) is 27.7 Å². The van der Waals surface area contributed by atoms with E-state index in [0.717, 1.165) is 0 Å². The van der Waals surface area contributed by atoms with Crippen LogP contribution in [0.25, 0.3) is 0 Å². The van der Waals surface area contributed by atoms with Gasteiger partial charge in [-0.1, -0.05) is 0 Å². The topological polar surface area (TPSA) is 88.2 Å². The molecule has 1 heterocycles. The van der Waals surface area contributed by atoms with Crippen LogP contribution in [-0.2, 0) is 4.79 Å². The normalized spacial score (nSPS) is 12.5. The highest BCUT2D eigenvalue weighted by molar-refractivity contribution is 5.85. The zero-order chi connectivity index (χ0) is 15.3. The standard InChI is InChI=1S/C13H23N5O2/c1-8(12(19)18-13(2,3)4)17-11-9(20-6)10(14-5)15-7-16-11/h7-8H,1-6H3,(H,18,19)(H2,14,15,16,17). The van der Waals surface area contributed by atoms with Crippen LogP contribution in [0, 0.1) is 0 Å². The van der Waals surface area contributed by atoms with Crippen LogP contribution >= 0.6 is 0 Å². The third-order valence-electron chi connectivity index (χ3n) is 2.49. The van der Waals surface area contributed by atoms with Gasteiger partial charge in [0.05, 0.1) is 7.11 Å². The number of nitrogens with zero attached hydrogens (tertiary/aromatic N) is 2. The molecule has 0 radical (unpaired) electrons. The first-order valence-corrected chi connectivity index (χ1v) is 6.43. The largest absolute Gasteiger partial charge is 0.490 e. The Labute approximate surface area is 119 Å². The zero-order valence-corrected chi connectivity index (χ0v) is 12.9. The maximum absolute atomic E-state index is 12.0. The van der Waals surface area contributed by atoms with Crippen molar-refractivity contribution < 1.29 is 9.53 Å². The Bertz CT molecular complexity index is 470. The lowest BCUT2D eigenvalue weighted by Gasteiger charge is -2.24. The highest BCUT2D eigenvalue weighted by atomic mass is 16.5. The number of hydrogen-bond donors (Lipinski definition) is 3. The molecule has 0 saturated heterocycles. The predicted octanol–water partition coefficient (Wildman–Crippen LogP) is 1.24. The van der Waals surface area contributed by atoms with E-state index in [4.69, 9.17) is 4.74 Å². The van der Waals surface area contributed by atoms with Crippen molar-refractivity contribution in [2.24, 2.45) is 0 Å². The molecule has 0 aliphatic carbocycles. The van der Waals surface area contributed by atoms with Crippen molar-refractivity contribution in [1.82, 2.24) is 15.3 Å². The SMILES string of the molecule is CNc1ncnc(NC(C)C(=O)NC(C)(C)C)c1OC. The fraction of sp³-hybridized carbons (Fsp3) is 0.615. The Hall–Kier alpha value is -2.05. The monoisotopic (exact) mass is 281 g/mol. The Morgan fingerprint density at radius 2 is 1.90 bits per heavy atom. The Balaban J connectivity index is 2.85. The highest BCUT2D eigenvalue weighted by Gasteiger charge is 2.21. The summed E-state index contributed by atoms with van der Waals surface area (Å²) < 4.78 is 5.27. The summed E-state index contributed by atoms with van der Waals surface area (Å²) in [5.74, 6) is 1.41. The smallest absolute Gasteiger partial charge is 0.242 e. The number of carbonyl (C=O) groups excluding carboxylic acids is 1. The Morgan fingerprint density at radius 3 is 2.40 bits per heavy atom. The van der Waals surface area contributed by atoms with Gasteiger partial charge < -0.3 is 20.7 Å². The quantitative estimate of drug-likeness (QED) is 0.752. The number of anilines is 2. The maximum Gasteiger partial charge on any atom is 0.242 e. The minimum Gasteiger partial charge on any atom is -0.490 e. The highest BCUT2D eigenvalue weighted by Crippen LogP contribution is 2.28. The molecule has 7 heteroatoms. The van der Waals surface area contributed by atoms with Gasteiger partial charge in [0.2, 0.25) is 11.7 Å². The predicted molar refractivity (Wildman–Crippen MR) is 79.1 cm³/mol. The lowest BCUT2D eigenvalue weighted by atomic mass is 10.1. The molecule has 0 saturated carbocycles. The first kappa shape index (κ1) is 16.0. The molecule has 1 aromatic rings. The molecule has 0 bridgehead atoms. The minimum absolute atomic E-state index is 0.107.